The van der Waals surface area contributed by atoms with E-state index in [1.807, 2.05) is 0 Å². The average molecular weight is 272 g/mol. The van der Waals surface area contributed by atoms with Crippen LogP contribution in [0, 0.1) is 0 Å². The number of thiocarbonyl (C=S) groups is 1. The lowest BCUT2D eigenvalue weighted by Crippen LogP contribution is -2.30. The van der Waals surface area contributed by atoms with Crippen molar-refractivity contribution in [3.63, 3.8) is 0 Å². The Morgan fingerprint density at radius 2 is 1.88 bits per heavy atom. The van der Waals surface area contributed by atoms with E-state index in [0.717, 1.165) is 11.1 Å². The summed E-state index contributed by atoms with van der Waals surface area (Å²) in [5, 5.41) is -0.432. The summed E-state index contributed by atoms with van der Waals surface area (Å²) < 4.78 is 25.6. The normalized spacial score (nSPS) is 11.7. The molecule has 0 amide bonds. The first-order valence-electron chi connectivity index (χ1n) is 5.20. The highest BCUT2D eigenvalue weighted by Gasteiger charge is 2.14. The quantitative estimate of drug-likeness (QED) is 0.789. The van der Waals surface area contributed by atoms with Crippen LogP contribution in [0.5, 0.6) is 0 Å². The van der Waals surface area contributed by atoms with Gasteiger partial charge in [-0.3, -0.25) is 0 Å². The Morgan fingerprint density at radius 1 is 1.35 bits per heavy atom. The highest BCUT2D eigenvalue weighted by Crippen LogP contribution is 2.05. The van der Waals surface area contributed by atoms with Crippen LogP contribution in [0.1, 0.15) is 25.0 Å². The molecule has 0 saturated heterocycles. The van der Waals surface area contributed by atoms with Crippen LogP contribution in [0.2, 0.25) is 0 Å². The van der Waals surface area contributed by atoms with Crippen molar-refractivity contribution in [3.05, 3.63) is 35.4 Å². The second kappa shape index (κ2) is 5.57. The molecule has 0 atom stereocenters. The predicted octanol–water partition coefficient (Wildman–Crippen LogP) is 1.15. The summed E-state index contributed by atoms with van der Waals surface area (Å²) >= 11 is 4.83. The van der Waals surface area contributed by atoms with Crippen LogP contribution in [0.25, 0.3) is 0 Å². The zero-order valence-electron chi connectivity index (χ0n) is 9.80. The molecule has 0 aromatic heterocycles. The molecule has 0 aliphatic rings. The largest absolute Gasteiger partial charge is 0.389 e. The summed E-state index contributed by atoms with van der Waals surface area (Å²) in [7, 11) is -3.22. The first kappa shape index (κ1) is 14.1. The number of hydrogen-bond donors (Lipinski definition) is 2. The number of benzene rings is 1. The van der Waals surface area contributed by atoms with Crippen molar-refractivity contribution >= 4 is 27.2 Å². The maximum absolute atomic E-state index is 11.5. The monoisotopic (exact) mass is 272 g/mol. The van der Waals surface area contributed by atoms with Crippen LogP contribution in [-0.2, 0) is 16.6 Å². The molecule has 0 aliphatic heterocycles. The van der Waals surface area contributed by atoms with E-state index >= 15 is 0 Å². The van der Waals surface area contributed by atoms with Gasteiger partial charge in [0.05, 0.1) is 5.25 Å². The fourth-order valence-electron chi connectivity index (χ4n) is 1.14. The van der Waals surface area contributed by atoms with Gasteiger partial charge in [-0.2, -0.15) is 0 Å². The molecular formula is C11H16N2O2S2. The molecule has 0 spiro atoms. The number of sulfonamides is 1. The third-order valence-electron chi connectivity index (χ3n) is 2.34. The smallest absolute Gasteiger partial charge is 0.214 e. The summed E-state index contributed by atoms with van der Waals surface area (Å²) in [5.74, 6) is 0. The maximum Gasteiger partial charge on any atom is 0.214 e. The molecule has 4 nitrogen and oxygen atoms in total. The van der Waals surface area contributed by atoms with E-state index in [0.29, 0.717) is 4.99 Å². The minimum absolute atomic E-state index is 0.276. The van der Waals surface area contributed by atoms with E-state index in [4.69, 9.17) is 18.0 Å². The summed E-state index contributed by atoms with van der Waals surface area (Å²) in [6, 6.07) is 7.16. The molecule has 0 saturated carbocycles. The Labute approximate surface area is 107 Å². The molecule has 1 aromatic rings. The SMILES string of the molecule is CC(C)S(=O)(=O)NCc1ccc(C(N)=S)cc1. The Balaban J connectivity index is 2.68. The van der Waals surface area contributed by atoms with Gasteiger partial charge in [0.15, 0.2) is 0 Å². The number of rotatable bonds is 5. The van der Waals surface area contributed by atoms with Crippen LogP contribution in [-0.4, -0.2) is 18.7 Å². The Kier molecular flexibility index (Phi) is 4.62. The molecule has 0 fully saturated rings. The van der Waals surface area contributed by atoms with Crippen molar-refractivity contribution in [2.45, 2.75) is 25.6 Å². The summed E-state index contributed by atoms with van der Waals surface area (Å²) in [5.41, 5.74) is 7.11. The van der Waals surface area contributed by atoms with Crippen LogP contribution < -0.4 is 10.5 Å². The van der Waals surface area contributed by atoms with Crippen molar-refractivity contribution in [3.8, 4) is 0 Å². The fraction of sp³-hybridized carbons (Fsp3) is 0.364. The Hall–Kier alpha value is -0.980. The van der Waals surface area contributed by atoms with Crippen LogP contribution in [0.15, 0.2) is 24.3 Å². The number of nitrogens with one attached hydrogen (secondary N) is 1. The molecule has 0 bridgehead atoms. The third kappa shape index (κ3) is 4.07. The van der Waals surface area contributed by atoms with E-state index in [2.05, 4.69) is 4.72 Å². The first-order chi connectivity index (χ1) is 7.83. The van der Waals surface area contributed by atoms with Gasteiger partial charge in [0.2, 0.25) is 10.0 Å². The van der Waals surface area contributed by atoms with Crippen molar-refractivity contribution in [1.82, 2.24) is 4.72 Å². The van der Waals surface area contributed by atoms with Gasteiger partial charge in [0, 0.05) is 12.1 Å². The van der Waals surface area contributed by atoms with Gasteiger partial charge >= 0.3 is 0 Å². The van der Waals surface area contributed by atoms with Crippen LogP contribution in [0.4, 0.5) is 0 Å². The van der Waals surface area contributed by atoms with E-state index in [1.54, 1.807) is 38.1 Å². The lowest BCUT2D eigenvalue weighted by atomic mass is 10.1. The predicted molar refractivity (Wildman–Crippen MR) is 73.2 cm³/mol. The second-order valence-electron chi connectivity index (χ2n) is 3.98. The molecular weight excluding hydrogens is 256 g/mol. The zero-order valence-corrected chi connectivity index (χ0v) is 11.4. The van der Waals surface area contributed by atoms with E-state index in [9.17, 15) is 8.42 Å². The molecule has 94 valence electrons. The van der Waals surface area contributed by atoms with Gasteiger partial charge in [-0.1, -0.05) is 36.5 Å². The minimum Gasteiger partial charge on any atom is -0.389 e. The summed E-state index contributed by atoms with van der Waals surface area (Å²) in [6.45, 7) is 3.55. The average Bonchev–Trinajstić information content (AvgIpc) is 2.27. The zero-order chi connectivity index (χ0) is 13.1. The fourth-order valence-corrected chi connectivity index (χ4v) is 1.97. The van der Waals surface area contributed by atoms with Crippen molar-refractivity contribution in [2.24, 2.45) is 5.73 Å². The molecule has 0 radical (unpaired) electrons. The molecule has 17 heavy (non-hydrogen) atoms. The topological polar surface area (TPSA) is 72.2 Å². The van der Waals surface area contributed by atoms with Gasteiger partial charge in [-0.05, 0) is 19.4 Å². The van der Waals surface area contributed by atoms with Gasteiger partial charge in [0.25, 0.3) is 0 Å². The van der Waals surface area contributed by atoms with Gasteiger partial charge in [-0.25, -0.2) is 13.1 Å². The lowest BCUT2D eigenvalue weighted by molar-refractivity contribution is 0.572. The maximum atomic E-state index is 11.5. The van der Waals surface area contributed by atoms with E-state index in [1.165, 1.54) is 0 Å². The molecule has 0 aliphatic carbocycles. The van der Waals surface area contributed by atoms with Gasteiger partial charge < -0.3 is 5.73 Å². The molecule has 6 heteroatoms. The minimum atomic E-state index is -3.22. The third-order valence-corrected chi connectivity index (χ3v) is 4.36. The van der Waals surface area contributed by atoms with E-state index in [-0.39, 0.29) is 6.54 Å². The summed E-state index contributed by atoms with van der Waals surface area (Å²) in [4.78, 5) is 0.333. The van der Waals surface area contributed by atoms with E-state index < -0.39 is 15.3 Å². The standard InChI is InChI=1S/C11H16N2O2S2/c1-8(2)17(14,15)13-7-9-3-5-10(6-4-9)11(12)16/h3-6,8,13H,7H2,1-2H3,(H2,12,16). The van der Waals surface area contributed by atoms with Crippen LogP contribution in [0.3, 0.4) is 0 Å². The second-order valence-corrected chi connectivity index (χ2v) is 6.74. The number of nitrogens with two attached hydrogens (primary N) is 1. The lowest BCUT2D eigenvalue weighted by Gasteiger charge is -2.09. The van der Waals surface area contributed by atoms with Crippen molar-refractivity contribution in [2.75, 3.05) is 0 Å². The highest BCUT2D eigenvalue weighted by atomic mass is 32.2. The van der Waals surface area contributed by atoms with Gasteiger partial charge in [0.1, 0.15) is 4.99 Å². The van der Waals surface area contributed by atoms with Crippen LogP contribution >= 0.6 is 12.2 Å². The first-order valence-corrected chi connectivity index (χ1v) is 7.15. The molecule has 0 unspecified atom stereocenters. The molecule has 1 rings (SSSR count). The van der Waals surface area contributed by atoms with Crippen molar-refractivity contribution < 1.29 is 8.42 Å². The Bertz CT molecular complexity index is 493. The molecule has 0 heterocycles. The number of hydrogen-bond acceptors (Lipinski definition) is 3. The van der Waals surface area contributed by atoms with Gasteiger partial charge in [-0.15, -0.1) is 0 Å². The summed E-state index contributed by atoms with van der Waals surface area (Å²) in [6.07, 6.45) is 0. The van der Waals surface area contributed by atoms with Crippen molar-refractivity contribution in [1.29, 1.82) is 0 Å². The highest BCUT2D eigenvalue weighted by molar-refractivity contribution is 7.90. The Morgan fingerprint density at radius 3 is 2.29 bits per heavy atom. The molecule has 3 N–H and O–H groups in total. The molecule has 1 aromatic carbocycles.